The average molecular weight is 267 g/mol. The summed E-state index contributed by atoms with van der Waals surface area (Å²) in [5.41, 5.74) is 0.975. The van der Waals surface area contributed by atoms with E-state index in [1.54, 1.807) is 11.9 Å². The minimum absolute atomic E-state index is 0.0122. The van der Waals surface area contributed by atoms with Gasteiger partial charge >= 0.3 is 6.03 Å². The van der Waals surface area contributed by atoms with Gasteiger partial charge < -0.3 is 10.2 Å². The molecule has 2 amide bonds. The lowest BCUT2D eigenvalue weighted by atomic mass is 10.2. The maximum atomic E-state index is 12.0. The highest BCUT2D eigenvalue weighted by Gasteiger charge is 2.19. The highest BCUT2D eigenvalue weighted by molar-refractivity contribution is 6.31. The lowest BCUT2D eigenvalue weighted by molar-refractivity contribution is 0.203. The van der Waals surface area contributed by atoms with Crippen LogP contribution in [-0.4, -0.2) is 24.0 Å². The van der Waals surface area contributed by atoms with Crippen LogP contribution in [0.1, 0.15) is 31.2 Å². The Bertz CT molecular complexity index is 416. The number of urea groups is 1. The van der Waals surface area contributed by atoms with E-state index in [1.807, 2.05) is 24.3 Å². The van der Waals surface area contributed by atoms with E-state index in [4.69, 9.17) is 11.6 Å². The van der Waals surface area contributed by atoms with E-state index in [9.17, 15) is 4.79 Å². The number of benzene rings is 1. The molecular weight excluding hydrogens is 248 g/mol. The van der Waals surface area contributed by atoms with E-state index < -0.39 is 0 Å². The molecule has 1 aromatic rings. The van der Waals surface area contributed by atoms with Crippen molar-refractivity contribution in [3.63, 3.8) is 0 Å². The van der Waals surface area contributed by atoms with Crippen molar-refractivity contribution >= 4 is 17.6 Å². The summed E-state index contributed by atoms with van der Waals surface area (Å²) in [6.07, 6.45) is 4.65. The Morgan fingerprint density at radius 3 is 2.72 bits per heavy atom. The van der Waals surface area contributed by atoms with Crippen molar-refractivity contribution in [2.75, 3.05) is 7.05 Å². The van der Waals surface area contributed by atoms with Gasteiger partial charge in [0.1, 0.15) is 0 Å². The second-order valence-electron chi connectivity index (χ2n) is 4.88. The van der Waals surface area contributed by atoms with E-state index in [0.717, 1.165) is 18.4 Å². The molecule has 0 atom stereocenters. The van der Waals surface area contributed by atoms with Gasteiger partial charge in [-0.3, -0.25) is 0 Å². The smallest absolute Gasteiger partial charge is 0.317 e. The van der Waals surface area contributed by atoms with Crippen LogP contribution in [0, 0.1) is 0 Å². The number of hydrogen-bond donors (Lipinski definition) is 1. The molecule has 1 fully saturated rings. The standard InChI is InChI=1S/C14H19ClN2O/c1-17(10-11-6-2-5-9-13(11)15)14(18)16-12-7-3-4-8-12/h2,5-6,9,12H,3-4,7-8,10H2,1H3,(H,16,18). The summed E-state index contributed by atoms with van der Waals surface area (Å²) in [5, 5.41) is 3.77. The van der Waals surface area contributed by atoms with Crippen molar-refractivity contribution in [3.05, 3.63) is 34.9 Å². The monoisotopic (exact) mass is 266 g/mol. The maximum Gasteiger partial charge on any atom is 0.317 e. The zero-order chi connectivity index (χ0) is 13.0. The van der Waals surface area contributed by atoms with E-state index in [-0.39, 0.29) is 6.03 Å². The molecule has 0 radical (unpaired) electrons. The molecular formula is C14H19ClN2O. The largest absolute Gasteiger partial charge is 0.335 e. The van der Waals surface area contributed by atoms with Gasteiger partial charge in [-0.2, -0.15) is 0 Å². The van der Waals surface area contributed by atoms with Gasteiger partial charge in [0.25, 0.3) is 0 Å². The zero-order valence-electron chi connectivity index (χ0n) is 10.7. The van der Waals surface area contributed by atoms with Gasteiger partial charge in [0.05, 0.1) is 0 Å². The highest BCUT2D eigenvalue weighted by Crippen LogP contribution is 2.19. The van der Waals surface area contributed by atoms with Crippen LogP contribution in [0.15, 0.2) is 24.3 Å². The minimum Gasteiger partial charge on any atom is -0.335 e. The highest BCUT2D eigenvalue weighted by atomic mass is 35.5. The van der Waals surface area contributed by atoms with Gasteiger partial charge in [-0.1, -0.05) is 42.6 Å². The van der Waals surface area contributed by atoms with Crippen LogP contribution < -0.4 is 5.32 Å². The third-order valence-electron chi connectivity index (χ3n) is 3.39. The second kappa shape index (κ2) is 6.10. The first kappa shape index (κ1) is 13.2. The molecule has 2 rings (SSSR count). The molecule has 0 spiro atoms. The SMILES string of the molecule is CN(Cc1ccccc1Cl)C(=O)NC1CCCC1. The van der Waals surface area contributed by atoms with Crippen molar-refractivity contribution in [2.45, 2.75) is 38.3 Å². The van der Waals surface area contributed by atoms with E-state index >= 15 is 0 Å². The van der Waals surface area contributed by atoms with E-state index in [2.05, 4.69) is 5.32 Å². The molecule has 18 heavy (non-hydrogen) atoms. The van der Waals surface area contributed by atoms with Crippen LogP contribution in [0.5, 0.6) is 0 Å². The Morgan fingerprint density at radius 1 is 1.39 bits per heavy atom. The molecule has 1 aliphatic rings. The van der Waals surface area contributed by atoms with Crippen molar-refractivity contribution in [3.8, 4) is 0 Å². The molecule has 1 aliphatic carbocycles. The van der Waals surface area contributed by atoms with E-state index in [1.165, 1.54) is 12.8 Å². The summed E-state index contributed by atoms with van der Waals surface area (Å²) in [5.74, 6) is 0. The van der Waals surface area contributed by atoms with Crippen LogP contribution in [0.4, 0.5) is 4.79 Å². The molecule has 98 valence electrons. The second-order valence-corrected chi connectivity index (χ2v) is 5.29. The van der Waals surface area contributed by atoms with Crippen molar-refractivity contribution in [2.24, 2.45) is 0 Å². The van der Waals surface area contributed by atoms with Crippen molar-refractivity contribution in [1.82, 2.24) is 10.2 Å². The van der Waals surface area contributed by atoms with Crippen molar-refractivity contribution < 1.29 is 4.79 Å². The first-order valence-electron chi connectivity index (χ1n) is 6.42. The van der Waals surface area contributed by atoms with Crippen molar-refractivity contribution in [1.29, 1.82) is 0 Å². The van der Waals surface area contributed by atoms with Crippen LogP contribution in [0.25, 0.3) is 0 Å². The lowest BCUT2D eigenvalue weighted by Crippen LogP contribution is -2.41. The number of amides is 2. The predicted octanol–water partition coefficient (Wildman–Crippen LogP) is 3.42. The van der Waals surface area contributed by atoms with Crippen LogP contribution in [0.2, 0.25) is 5.02 Å². The Balaban J connectivity index is 1.89. The van der Waals surface area contributed by atoms with Gasteiger partial charge in [-0.25, -0.2) is 4.79 Å². The van der Waals surface area contributed by atoms with Gasteiger partial charge in [0.2, 0.25) is 0 Å². The molecule has 0 saturated heterocycles. The zero-order valence-corrected chi connectivity index (χ0v) is 11.4. The summed E-state index contributed by atoms with van der Waals surface area (Å²) in [4.78, 5) is 13.7. The summed E-state index contributed by atoms with van der Waals surface area (Å²) in [6.45, 7) is 0.540. The molecule has 0 aromatic heterocycles. The van der Waals surface area contributed by atoms with Crippen LogP contribution in [-0.2, 0) is 6.54 Å². The van der Waals surface area contributed by atoms with Crippen LogP contribution in [0.3, 0.4) is 0 Å². The minimum atomic E-state index is -0.0122. The fourth-order valence-corrected chi connectivity index (χ4v) is 2.50. The van der Waals surface area contributed by atoms with Crippen LogP contribution >= 0.6 is 11.6 Å². The Labute approximate surface area is 113 Å². The Hall–Kier alpha value is -1.22. The summed E-state index contributed by atoms with van der Waals surface area (Å²) in [7, 11) is 1.80. The number of rotatable bonds is 3. The molecule has 0 unspecified atom stereocenters. The molecule has 1 N–H and O–H groups in total. The summed E-state index contributed by atoms with van der Waals surface area (Å²) < 4.78 is 0. The normalized spacial score (nSPS) is 15.7. The topological polar surface area (TPSA) is 32.3 Å². The van der Waals surface area contributed by atoms with Gasteiger partial charge in [0, 0.05) is 24.7 Å². The molecule has 4 heteroatoms. The summed E-state index contributed by atoms with van der Waals surface area (Å²) in [6, 6.07) is 7.96. The molecule has 1 aromatic carbocycles. The number of nitrogens with one attached hydrogen (secondary N) is 1. The first-order chi connectivity index (χ1) is 8.66. The third kappa shape index (κ3) is 3.39. The van der Waals surface area contributed by atoms with Gasteiger partial charge in [-0.15, -0.1) is 0 Å². The fraction of sp³-hybridized carbons (Fsp3) is 0.500. The van der Waals surface area contributed by atoms with Gasteiger partial charge in [-0.05, 0) is 24.5 Å². The number of carbonyl (C=O) groups excluding carboxylic acids is 1. The predicted molar refractivity (Wildman–Crippen MR) is 73.7 cm³/mol. The average Bonchev–Trinajstić information content (AvgIpc) is 2.84. The Kier molecular flexibility index (Phi) is 4.48. The van der Waals surface area contributed by atoms with E-state index in [0.29, 0.717) is 17.6 Å². The molecule has 0 heterocycles. The number of halogens is 1. The lowest BCUT2D eigenvalue weighted by Gasteiger charge is -2.21. The number of nitrogens with zero attached hydrogens (tertiary/aromatic N) is 1. The molecule has 3 nitrogen and oxygen atoms in total. The maximum absolute atomic E-state index is 12.0. The third-order valence-corrected chi connectivity index (χ3v) is 3.76. The molecule has 0 aliphatic heterocycles. The number of hydrogen-bond acceptors (Lipinski definition) is 1. The molecule has 1 saturated carbocycles. The summed E-state index contributed by atoms with van der Waals surface area (Å²) >= 11 is 6.08. The number of carbonyl (C=O) groups is 1. The van der Waals surface area contributed by atoms with Gasteiger partial charge in [0.15, 0.2) is 0 Å². The fourth-order valence-electron chi connectivity index (χ4n) is 2.31. The Morgan fingerprint density at radius 2 is 2.06 bits per heavy atom. The quantitative estimate of drug-likeness (QED) is 0.893. The molecule has 0 bridgehead atoms. The first-order valence-corrected chi connectivity index (χ1v) is 6.79.